The lowest BCUT2D eigenvalue weighted by Crippen LogP contribution is -2.26. The SMILES string of the molecule is Cc1c(N)cccc1C(=O)NCCCC(F)(F)F. The average Bonchev–Trinajstić information content (AvgIpc) is 2.26. The highest BCUT2D eigenvalue weighted by Crippen LogP contribution is 2.21. The minimum absolute atomic E-state index is 0.00736. The largest absolute Gasteiger partial charge is 0.398 e. The van der Waals surface area contributed by atoms with Gasteiger partial charge in [0.15, 0.2) is 0 Å². The van der Waals surface area contributed by atoms with Crippen molar-refractivity contribution in [3.63, 3.8) is 0 Å². The summed E-state index contributed by atoms with van der Waals surface area (Å²) in [7, 11) is 0. The minimum atomic E-state index is -4.18. The highest BCUT2D eigenvalue weighted by atomic mass is 19.4. The highest BCUT2D eigenvalue weighted by molar-refractivity contribution is 5.96. The molecule has 0 saturated heterocycles. The lowest BCUT2D eigenvalue weighted by molar-refractivity contribution is -0.135. The predicted molar refractivity (Wildman–Crippen MR) is 63.2 cm³/mol. The Hall–Kier alpha value is -1.72. The molecule has 0 radical (unpaired) electrons. The van der Waals surface area contributed by atoms with E-state index in [4.69, 9.17) is 5.73 Å². The van der Waals surface area contributed by atoms with E-state index in [0.29, 0.717) is 16.8 Å². The van der Waals surface area contributed by atoms with E-state index in [0.717, 1.165) is 0 Å². The number of nitrogens with one attached hydrogen (secondary N) is 1. The molecule has 1 rings (SSSR count). The Morgan fingerprint density at radius 2 is 2.06 bits per heavy atom. The number of nitrogens with two attached hydrogens (primary N) is 1. The maximum absolute atomic E-state index is 11.9. The van der Waals surface area contributed by atoms with Gasteiger partial charge in [0.05, 0.1) is 0 Å². The molecule has 0 spiro atoms. The van der Waals surface area contributed by atoms with Crippen LogP contribution < -0.4 is 11.1 Å². The van der Waals surface area contributed by atoms with E-state index >= 15 is 0 Å². The number of hydrogen-bond acceptors (Lipinski definition) is 2. The van der Waals surface area contributed by atoms with Crippen molar-refractivity contribution in [2.45, 2.75) is 25.9 Å². The molecule has 0 aliphatic rings. The molecule has 0 unspecified atom stereocenters. The number of benzene rings is 1. The van der Waals surface area contributed by atoms with Crippen LogP contribution in [0.25, 0.3) is 0 Å². The lowest BCUT2D eigenvalue weighted by Gasteiger charge is -2.10. The third-order valence-electron chi connectivity index (χ3n) is 2.54. The monoisotopic (exact) mass is 260 g/mol. The van der Waals surface area contributed by atoms with E-state index in [1.165, 1.54) is 0 Å². The molecule has 0 saturated carbocycles. The van der Waals surface area contributed by atoms with Crippen LogP contribution in [0.1, 0.15) is 28.8 Å². The fourth-order valence-corrected chi connectivity index (χ4v) is 1.49. The molecule has 6 heteroatoms. The Bertz CT molecular complexity index is 430. The molecule has 0 aliphatic carbocycles. The zero-order chi connectivity index (χ0) is 13.8. The van der Waals surface area contributed by atoms with E-state index < -0.39 is 18.5 Å². The van der Waals surface area contributed by atoms with E-state index in [2.05, 4.69) is 5.32 Å². The number of carbonyl (C=O) groups excluding carboxylic acids is 1. The van der Waals surface area contributed by atoms with Crippen LogP contribution in [0.2, 0.25) is 0 Å². The van der Waals surface area contributed by atoms with E-state index in [1.54, 1.807) is 25.1 Å². The lowest BCUT2D eigenvalue weighted by atomic mass is 10.1. The standard InChI is InChI=1S/C12H15F3N2O/c1-8-9(4-2-5-10(8)16)11(18)17-7-3-6-12(13,14)15/h2,4-5H,3,6-7,16H2,1H3,(H,17,18). The molecule has 0 fully saturated rings. The molecule has 100 valence electrons. The maximum Gasteiger partial charge on any atom is 0.389 e. The first-order valence-corrected chi connectivity index (χ1v) is 5.51. The Labute approximate surface area is 103 Å². The zero-order valence-electron chi connectivity index (χ0n) is 9.97. The number of carbonyl (C=O) groups is 1. The van der Waals surface area contributed by atoms with Crippen LogP contribution in [0, 0.1) is 6.92 Å². The van der Waals surface area contributed by atoms with Gasteiger partial charge in [-0.05, 0) is 31.0 Å². The molecule has 0 heterocycles. The van der Waals surface area contributed by atoms with Gasteiger partial charge >= 0.3 is 6.18 Å². The molecule has 0 aliphatic heterocycles. The summed E-state index contributed by atoms with van der Waals surface area (Å²) in [5.41, 5.74) is 7.15. The summed E-state index contributed by atoms with van der Waals surface area (Å²) >= 11 is 0. The summed E-state index contributed by atoms with van der Waals surface area (Å²) in [5.74, 6) is -0.401. The number of alkyl halides is 3. The Morgan fingerprint density at radius 3 is 2.67 bits per heavy atom. The summed E-state index contributed by atoms with van der Waals surface area (Å²) in [5, 5.41) is 2.45. The predicted octanol–water partition coefficient (Wildman–Crippen LogP) is 2.65. The third-order valence-corrected chi connectivity index (χ3v) is 2.54. The van der Waals surface area contributed by atoms with Gasteiger partial charge in [-0.3, -0.25) is 4.79 Å². The van der Waals surface area contributed by atoms with Crippen molar-refractivity contribution in [2.75, 3.05) is 12.3 Å². The molecular weight excluding hydrogens is 245 g/mol. The molecular formula is C12H15F3N2O. The summed E-state index contributed by atoms with van der Waals surface area (Å²) in [6.45, 7) is 1.69. The van der Waals surface area contributed by atoms with Gasteiger partial charge in [0.2, 0.25) is 0 Å². The molecule has 18 heavy (non-hydrogen) atoms. The second-order valence-electron chi connectivity index (χ2n) is 3.99. The second kappa shape index (κ2) is 5.75. The van der Waals surface area contributed by atoms with Crippen molar-refractivity contribution in [3.8, 4) is 0 Å². The van der Waals surface area contributed by atoms with Gasteiger partial charge in [0.25, 0.3) is 5.91 Å². The van der Waals surface area contributed by atoms with Crippen LogP contribution in [0.4, 0.5) is 18.9 Å². The second-order valence-corrected chi connectivity index (χ2v) is 3.99. The van der Waals surface area contributed by atoms with Crippen LogP contribution in [-0.2, 0) is 0 Å². The summed E-state index contributed by atoms with van der Waals surface area (Å²) in [4.78, 5) is 11.7. The molecule has 1 aromatic rings. The fourth-order valence-electron chi connectivity index (χ4n) is 1.49. The molecule has 0 bridgehead atoms. The number of anilines is 1. The van der Waals surface area contributed by atoms with Gasteiger partial charge in [0.1, 0.15) is 0 Å². The molecule has 0 atom stereocenters. The van der Waals surface area contributed by atoms with E-state index in [9.17, 15) is 18.0 Å². The van der Waals surface area contributed by atoms with Crippen molar-refractivity contribution >= 4 is 11.6 Å². The van der Waals surface area contributed by atoms with Crippen molar-refractivity contribution in [1.29, 1.82) is 0 Å². The Morgan fingerprint density at radius 1 is 1.39 bits per heavy atom. The van der Waals surface area contributed by atoms with Gasteiger partial charge in [-0.2, -0.15) is 13.2 Å². The number of amides is 1. The van der Waals surface area contributed by atoms with Crippen molar-refractivity contribution in [3.05, 3.63) is 29.3 Å². The average molecular weight is 260 g/mol. The summed E-state index contributed by atoms with van der Waals surface area (Å²) in [6, 6.07) is 4.88. The first kappa shape index (κ1) is 14.3. The van der Waals surface area contributed by atoms with Gasteiger partial charge in [-0.25, -0.2) is 0 Å². The number of hydrogen-bond donors (Lipinski definition) is 2. The van der Waals surface area contributed by atoms with Crippen LogP contribution in [0.15, 0.2) is 18.2 Å². The van der Waals surface area contributed by atoms with Gasteiger partial charge in [-0.1, -0.05) is 6.07 Å². The Balaban J connectivity index is 2.49. The number of rotatable bonds is 4. The highest BCUT2D eigenvalue weighted by Gasteiger charge is 2.26. The minimum Gasteiger partial charge on any atom is -0.398 e. The zero-order valence-corrected chi connectivity index (χ0v) is 9.97. The fraction of sp³-hybridized carbons (Fsp3) is 0.417. The normalized spacial score (nSPS) is 11.3. The van der Waals surface area contributed by atoms with Crippen LogP contribution >= 0.6 is 0 Å². The van der Waals surface area contributed by atoms with Crippen LogP contribution in [0.5, 0.6) is 0 Å². The van der Waals surface area contributed by atoms with E-state index in [-0.39, 0.29) is 13.0 Å². The summed E-state index contributed by atoms with van der Waals surface area (Å²) in [6.07, 6.45) is -5.21. The molecule has 3 nitrogen and oxygen atoms in total. The Kier molecular flexibility index (Phi) is 4.58. The smallest absolute Gasteiger partial charge is 0.389 e. The summed E-state index contributed by atoms with van der Waals surface area (Å²) < 4.78 is 35.7. The number of nitrogen functional groups attached to an aromatic ring is 1. The van der Waals surface area contributed by atoms with Crippen LogP contribution in [-0.4, -0.2) is 18.6 Å². The van der Waals surface area contributed by atoms with Gasteiger partial charge in [-0.15, -0.1) is 0 Å². The van der Waals surface area contributed by atoms with Crippen molar-refractivity contribution in [2.24, 2.45) is 0 Å². The molecule has 1 aromatic carbocycles. The van der Waals surface area contributed by atoms with Gasteiger partial charge in [0, 0.05) is 24.2 Å². The maximum atomic E-state index is 11.9. The first-order valence-electron chi connectivity index (χ1n) is 5.51. The van der Waals surface area contributed by atoms with Crippen LogP contribution in [0.3, 0.4) is 0 Å². The van der Waals surface area contributed by atoms with E-state index in [1.807, 2.05) is 0 Å². The number of halogens is 3. The topological polar surface area (TPSA) is 55.1 Å². The molecule has 1 amide bonds. The van der Waals surface area contributed by atoms with Gasteiger partial charge < -0.3 is 11.1 Å². The first-order chi connectivity index (χ1) is 8.31. The van der Waals surface area contributed by atoms with Crippen molar-refractivity contribution < 1.29 is 18.0 Å². The molecule has 0 aromatic heterocycles. The third kappa shape index (κ3) is 4.27. The molecule has 3 N–H and O–H groups in total. The van der Waals surface area contributed by atoms with Crippen molar-refractivity contribution in [1.82, 2.24) is 5.32 Å². The quantitative estimate of drug-likeness (QED) is 0.646.